The molecule has 0 saturated carbocycles. The molecule has 2 amide bonds. The SMILES string of the molecule is CCCn1cc(NC(=O)N2CCO[C@H](C)[C@@H]2C)cn1. The van der Waals surface area contributed by atoms with Gasteiger partial charge in [-0.15, -0.1) is 0 Å². The van der Waals surface area contributed by atoms with E-state index in [0.29, 0.717) is 13.2 Å². The Morgan fingerprint density at radius 3 is 3.11 bits per heavy atom. The van der Waals surface area contributed by atoms with Gasteiger partial charge in [-0.05, 0) is 20.3 Å². The third kappa shape index (κ3) is 3.26. The molecule has 0 bridgehead atoms. The van der Waals surface area contributed by atoms with Crippen molar-refractivity contribution in [3.63, 3.8) is 0 Å². The molecule has 106 valence electrons. The van der Waals surface area contributed by atoms with Crippen molar-refractivity contribution < 1.29 is 9.53 Å². The van der Waals surface area contributed by atoms with Crippen LogP contribution in [0.4, 0.5) is 10.5 Å². The van der Waals surface area contributed by atoms with E-state index in [0.717, 1.165) is 18.7 Å². The van der Waals surface area contributed by atoms with Crippen LogP contribution < -0.4 is 5.32 Å². The normalized spacial score (nSPS) is 23.4. The number of anilines is 1. The van der Waals surface area contributed by atoms with Gasteiger partial charge in [0.25, 0.3) is 0 Å². The highest BCUT2D eigenvalue weighted by atomic mass is 16.5. The molecule has 1 fully saturated rings. The summed E-state index contributed by atoms with van der Waals surface area (Å²) in [7, 11) is 0. The molecule has 0 unspecified atom stereocenters. The summed E-state index contributed by atoms with van der Waals surface area (Å²) in [5.41, 5.74) is 0.741. The van der Waals surface area contributed by atoms with Crippen LogP contribution in [0.5, 0.6) is 0 Å². The van der Waals surface area contributed by atoms with Crippen LogP contribution in [0.1, 0.15) is 27.2 Å². The van der Waals surface area contributed by atoms with E-state index >= 15 is 0 Å². The first-order chi connectivity index (χ1) is 9.11. The first-order valence-corrected chi connectivity index (χ1v) is 6.83. The zero-order valence-electron chi connectivity index (χ0n) is 11.8. The number of ether oxygens (including phenoxy) is 1. The molecule has 0 spiro atoms. The zero-order chi connectivity index (χ0) is 13.8. The second kappa shape index (κ2) is 6.06. The van der Waals surface area contributed by atoms with Crippen LogP contribution in [-0.2, 0) is 11.3 Å². The summed E-state index contributed by atoms with van der Waals surface area (Å²) >= 11 is 0. The molecule has 1 aliphatic rings. The molecule has 2 heterocycles. The number of aryl methyl sites for hydroxylation is 1. The van der Waals surface area contributed by atoms with Crippen LogP contribution in [-0.4, -0.2) is 46.0 Å². The monoisotopic (exact) mass is 266 g/mol. The highest BCUT2D eigenvalue weighted by Gasteiger charge is 2.29. The maximum Gasteiger partial charge on any atom is 0.322 e. The molecule has 2 rings (SSSR count). The number of amides is 2. The smallest absolute Gasteiger partial charge is 0.322 e. The number of hydrogen-bond donors (Lipinski definition) is 1. The number of carbonyl (C=O) groups is 1. The summed E-state index contributed by atoms with van der Waals surface area (Å²) in [6.45, 7) is 8.17. The van der Waals surface area contributed by atoms with E-state index < -0.39 is 0 Å². The summed E-state index contributed by atoms with van der Waals surface area (Å²) in [6.07, 6.45) is 4.63. The molecule has 0 aromatic carbocycles. The molecule has 1 saturated heterocycles. The van der Waals surface area contributed by atoms with Gasteiger partial charge in [0.05, 0.1) is 30.6 Å². The average Bonchev–Trinajstić information content (AvgIpc) is 2.80. The summed E-state index contributed by atoms with van der Waals surface area (Å²) in [5, 5.41) is 7.09. The first-order valence-electron chi connectivity index (χ1n) is 6.83. The number of morpholine rings is 1. The van der Waals surface area contributed by atoms with Crippen LogP contribution in [0, 0.1) is 0 Å². The quantitative estimate of drug-likeness (QED) is 0.909. The van der Waals surface area contributed by atoms with E-state index in [1.165, 1.54) is 0 Å². The van der Waals surface area contributed by atoms with Gasteiger partial charge < -0.3 is 15.0 Å². The largest absolute Gasteiger partial charge is 0.375 e. The fraction of sp³-hybridized carbons (Fsp3) is 0.692. The Morgan fingerprint density at radius 2 is 2.37 bits per heavy atom. The van der Waals surface area contributed by atoms with E-state index in [2.05, 4.69) is 17.3 Å². The van der Waals surface area contributed by atoms with E-state index in [4.69, 9.17) is 4.74 Å². The van der Waals surface area contributed by atoms with Crippen molar-refractivity contribution in [2.45, 2.75) is 45.9 Å². The Balaban J connectivity index is 1.95. The Labute approximate surface area is 113 Å². The Morgan fingerprint density at radius 1 is 1.58 bits per heavy atom. The van der Waals surface area contributed by atoms with Gasteiger partial charge >= 0.3 is 6.03 Å². The lowest BCUT2D eigenvalue weighted by molar-refractivity contribution is -0.0355. The molecule has 19 heavy (non-hydrogen) atoms. The number of nitrogens with zero attached hydrogens (tertiary/aromatic N) is 3. The topological polar surface area (TPSA) is 59.4 Å². The van der Waals surface area contributed by atoms with Gasteiger partial charge in [0.2, 0.25) is 0 Å². The molecule has 1 aliphatic heterocycles. The molecule has 2 atom stereocenters. The van der Waals surface area contributed by atoms with E-state index in [1.54, 1.807) is 6.20 Å². The van der Waals surface area contributed by atoms with Crippen molar-refractivity contribution in [2.75, 3.05) is 18.5 Å². The first kappa shape index (κ1) is 13.9. The number of carbonyl (C=O) groups excluding carboxylic acids is 1. The van der Waals surface area contributed by atoms with Crippen molar-refractivity contribution in [3.05, 3.63) is 12.4 Å². The molecule has 6 heteroatoms. The van der Waals surface area contributed by atoms with Gasteiger partial charge in [0.15, 0.2) is 0 Å². The number of nitrogens with one attached hydrogen (secondary N) is 1. The Hall–Kier alpha value is -1.56. The molecule has 1 aromatic heterocycles. The van der Waals surface area contributed by atoms with Crippen molar-refractivity contribution in [1.29, 1.82) is 0 Å². The minimum absolute atomic E-state index is 0.0716. The lowest BCUT2D eigenvalue weighted by Gasteiger charge is -2.37. The predicted octanol–water partition coefficient (Wildman–Crippen LogP) is 1.93. The van der Waals surface area contributed by atoms with E-state index in [1.807, 2.05) is 29.6 Å². The van der Waals surface area contributed by atoms with Gasteiger partial charge in [-0.2, -0.15) is 5.10 Å². The number of rotatable bonds is 3. The maximum atomic E-state index is 12.2. The van der Waals surface area contributed by atoms with Gasteiger partial charge in [0, 0.05) is 19.3 Å². The minimum atomic E-state index is -0.0845. The second-order valence-electron chi connectivity index (χ2n) is 4.93. The van der Waals surface area contributed by atoms with Crippen LogP contribution >= 0.6 is 0 Å². The summed E-state index contributed by atoms with van der Waals surface area (Å²) in [4.78, 5) is 14.0. The second-order valence-corrected chi connectivity index (χ2v) is 4.93. The fourth-order valence-corrected chi connectivity index (χ4v) is 2.19. The van der Waals surface area contributed by atoms with Gasteiger partial charge in [-0.25, -0.2) is 4.79 Å². The average molecular weight is 266 g/mol. The number of aromatic nitrogens is 2. The van der Waals surface area contributed by atoms with E-state index in [-0.39, 0.29) is 18.2 Å². The molecule has 6 nitrogen and oxygen atoms in total. The minimum Gasteiger partial charge on any atom is -0.375 e. The molecular formula is C13H22N4O2. The van der Waals surface area contributed by atoms with Crippen LogP contribution in [0.15, 0.2) is 12.4 Å². The van der Waals surface area contributed by atoms with Gasteiger partial charge in [-0.1, -0.05) is 6.92 Å². The third-order valence-corrected chi connectivity index (χ3v) is 3.48. The maximum absolute atomic E-state index is 12.2. The Bertz CT molecular complexity index is 432. The highest BCUT2D eigenvalue weighted by molar-refractivity contribution is 5.89. The molecular weight excluding hydrogens is 244 g/mol. The van der Waals surface area contributed by atoms with Gasteiger partial charge in [-0.3, -0.25) is 4.68 Å². The zero-order valence-corrected chi connectivity index (χ0v) is 11.8. The lowest BCUT2D eigenvalue weighted by Crippen LogP contribution is -2.52. The highest BCUT2D eigenvalue weighted by Crippen LogP contribution is 2.15. The molecule has 1 aromatic rings. The number of hydrogen-bond acceptors (Lipinski definition) is 3. The Kier molecular flexibility index (Phi) is 4.42. The van der Waals surface area contributed by atoms with Crippen LogP contribution in [0.2, 0.25) is 0 Å². The fourth-order valence-electron chi connectivity index (χ4n) is 2.19. The van der Waals surface area contributed by atoms with Crippen molar-refractivity contribution >= 4 is 11.7 Å². The number of urea groups is 1. The summed E-state index contributed by atoms with van der Waals surface area (Å²) in [5.74, 6) is 0. The van der Waals surface area contributed by atoms with Crippen molar-refractivity contribution in [3.8, 4) is 0 Å². The predicted molar refractivity (Wildman–Crippen MR) is 73.1 cm³/mol. The van der Waals surface area contributed by atoms with Crippen molar-refractivity contribution in [1.82, 2.24) is 14.7 Å². The molecule has 0 radical (unpaired) electrons. The van der Waals surface area contributed by atoms with E-state index in [9.17, 15) is 4.79 Å². The van der Waals surface area contributed by atoms with Crippen LogP contribution in [0.3, 0.4) is 0 Å². The standard InChI is InChI=1S/C13H22N4O2/c1-4-5-16-9-12(8-14-16)15-13(18)17-6-7-19-11(3)10(17)2/h8-11H,4-7H2,1-3H3,(H,15,18)/t10-,11+/m0/s1. The lowest BCUT2D eigenvalue weighted by atomic mass is 10.1. The summed E-state index contributed by atoms with van der Waals surface area (Å²) in [6, 6.07) is -0.00173. The van der Waals surface area contributed by atoms with Crippen LogP contribution in [0.25, 0.3) is 0 Å². The third-order valence-electron chi connectivity index (χ3n) is 3.48. The van der Waals surface area contributed by atoms with Crippen molar-refractivity contribution in [2.24, 2.45) is 0 Å². The molecule has 0 aliphatic carbocycles. The van der Waals surface area contributed by atoms with Gasteiger partial charge in [0.1, 0.15) is 0 Å². The molecule has 1 N–H and O–H groups in total. The summed E-state index contributed by atoms with van der Waals surface area (Å²) < 4.78 is 7.35.